The number of rotatable bonds is 5. The van der Waals surface area contributed by atoms with Crippen LogP contribution in [0.3, 0.4) is 0 Å². The van der Waals surface area contributed by atoms with Gasteiger partial charge in [-0.1, -0.05) is 6.92 Å². The first-order valence-corrected chi connectivity index (χ1v) is 8.07. The van der Waals surface area contributed by atoms with Crippen molar-refractivity contribution < 1.29 is 17.9 Å². The van der Waals surface area contributed by atoms with Gasteiger partial charge in [-0.25, -0.2) is 17.1 Å². The number of aliphatic hydroxyl groups is 1. The smallest absolute Gasteiger partial charge is 0.243 e. The van der Waals surface area contributed by atoms with Crippen molar-refractivity contribution in [2.75, 3.05) is 13.6 Å². The van der Waals surface area contributed by atoms with Gasteiger partial charge in [-0.2, -0.15) is 0 Å². The van der Waals surface area contributed by atoms with Gasteiger partial charge in [-0.15, -0.1) is 0 Å². The third-order valence-electron chi connectivity index (χ3n) is 4.00. The van der Waals surface area contributed by atoms with Gasteiger partial charge in [0.2, 0.25) is 10.0 Å². The van der Waals surface area contributed by atoms with E-state index in [2.05, 4.69) is 6.92 Å². The predicted octanol–water partition coefficient (Wildman–Crippen LogP) is 1.90. The highest BCUT2D eigenvalue weighted by Gasteiger charge is 2.36. The first-order valence-electron chi connectivity index (χ1n) is 6.63. The van der Waals surface area contributed by atoms with Gasteiger partial charge in [0.25, 0.3) is 0 Å². The summed E-state index contributed by atoms with van der Waals surface area (Å²) in [6, 6.07) is 2.51. The Morgan fingerprint density at radius 2 is 2.05 bits per heavy atom. The summed E-state index contributed by atoms with van der Waals surface area (Å²) in [5, 5.41) is 9.10. The Kier molecular flexibility index (Phi) is 4.18. The molecule has 1 aromatic carbocycles. The molecule has 4 nitrogen and oxygen atoms in total. The summed E-state index contributed by atoms with van der Waals surface area (Å²) in [4.78, 5) is -0.0580. The van der Waals surface area contributed by atoms with Gasteiger partial charge in [0, 0.05) is 19.2 Å². The molecule has 2 unspecified atom stereocenters. The van der Waals surface area contributed by atoms with E-state index in [0.717, 1.165) is 12.5 Å². The van der Waals surface area contributed by atoms with Crippen LogP contribution >= 0.6 is 0 Å². The Bertz CT molecular complexity index is 615. The molecule has 1 N–H and O–H groups in total. The van der Waals surface area contributed by atoms with Crippen molar-refractivity contribution in [3.05, 3.63) is 29.1 Å². The van der Waals surface area contributed by atoms with E-state index < -0.39 is 15.8 Å². The summed E-state index contributed by atoms with van der Waals surface area (Å²) in [5.41, 5.74) is 0.359. The van der Waals surface area contributed by atoms with E-state index in [-0.39, 0.29) is 22.6 Å². The molecule has 20 heavy (non-hydrogen) atoms. The Balaban J connectivity index is 2.35. The molecule has 2 atom stereocenters. The second-order valence-electron chi connectivity index (χ2n) is 5.62. The van der Waals surface area contributed by atoms with Gasteiger partial charge in [0.1, 0.15) is 5.82 Å². The number of aliphatic hydroxyl groups excluding tert-OH is 1. The first-order chi connectivity index (χ1) is 9.27. The summed E-state index contributed by atoms with van der Waals surface area (Å²) in [5.74, 6) is 0.332. The third-order valence-corrected chi connectivity index (χ3v) is 5.94. The maximum absolute atomic E-state index is 13.8. The van der Waals surface area contributed by atoms with Gasteiger partial charge in [-0.3, -0.25) is 0 Å². The summed E-state index contributed by atoms with van der Waals surface area (Å²) in [6.07, 6.45) is 1.03. The lowest BCUT2D eigenvalue weighted by Gasteiger charge is -2.19. The van der Waals surface area contributed by atoms with Crippen LogP contribution in [0.15, 0.2) is 17.0 Å². The van der Waals surface area contributed by atoms with Crippen molar-refractivity contribution in [3.8, 4) is 0 Å². The summed E-state index contributed by atoms with van der Waals surface area (Å²) >= 11 is 0. The Morgan fingerprint density at radius 1 is 1.45 bits per heavy atom. The predicted molar refractivity (Wildman–Crippen MR) is 74.1 cm³/mol. The number of nitrogens with zero attached hydrogens (tertiary/aromatic N) is 1. The van der Waals surface area contributed by atoms with Gasteiger partial charge >= 0.3 is 0 Å². The maximum Gasteiger partial charge on any atom is 0.243 e. The molecule has 0 bridgehead atoms. The Hall–Kier alpha value is -0.980. The Morgan fingerprint density at radius 3 is 2.55 bits per heavy atom. The van der Waals surface area contributed by atoms with E-state index in [1.807, 2.05) is 0 Å². The molecule has 0 amide bonds. The number of benzene rings is 1. The SMILES string of the molecule is Cc1c(F)cc(CO)cc1S(=O)(=O)N(C)CC1CC1C. The molecule has 1 fully saturated rings. The molecule has 0 saturated heterocycles. The lowest BCUT2D eigenvalue weighted by Crippen LogP contribution is -2.30. The largest absolute Gasteiger partial charge is 0.392 e. The highest BCUT2D eigenvalue weighted by Crippen LogP contribution is 2.39. The van der Waals surface area contributed by atoms with Crippen LogP contribution in [0, 0.1) is 24.6 Å². The van der Waals surface area contributed by atoms with Crippen LogP contribution in [-0.2, 0) is 16.6 Å². The van der Waals surface area contributed by atoms with Gasteiger partial charge in [0.05, 0.1) is 11.5 Å². The van der Waals surface area contributed by atoms with E-state index in [4.69, 9.17) is 5.11 Å². The maximum atomic E-state index is 13.8. The van der Waals surface area contributed by atoms with Crippen molar-refractivity contribution in [2.45, 2.75) is 31.8 Å². The van der Waals surface area contributed by atoms with Crippen LogP contribution in [0.4, 0.5) is 4.39 Å². The zero-order valence-electron chi connectivity index (χ0n) is 11.9. The second kappa shape index (κ2) is 5.42. The standard InChI is InChI=1S/C14H20FNO3S/c1-9-4-12(9)7-16(3)20(18,19)14-6-11(8-17)5-13(15)10(14)2/h5-6,9,12,17H,4,7-8H2,1-3H3. The van der Waals surface area contributed by atoms with E-state index >= 15 is 0 Å². The number of halogens is 1. The minimum atomic E-state index is -3.72. The van der Waals surface area contributed by atoms with Gasteiger partial charge < -0.3 is 5.11 Å². The molecule has 0 radical (unpaired) electrons. The summed E-state index contributed by atoms with van der Waals surface area (Å²) in [7, 11) is -2.20. The number of hydrogen-bond donors (Lipinski definition) is 1. The molecule has 2 rings (SSSR count). The first kappa shape index (κ1) is 15.4. The molecule has 1 saturated carbocycles. The quantitative estimate of drug-likeness (QED) is 0.903. The fourth-order valence-corrected chi connectivity index (χ4v) is 3.82. The lowest BCUT2D eigenvalue weighted by molar-refractivity contribution is 0.280. The highest BCUT2D eigenvalue weighted by atomic mass is 32.2. The average molecular weight is 301 g/mol. The second-order valence-corrected chi connectivity index (χ2v) is 7.63. The average Bonchev–Trinajstić information content (AvgIpc) is 3.07. The molecule has 1 aliphatic rings. The van der Waals surface area contributed by atoms with Crippen LogP contribution < -0.4 is 0 Å². The minimum absolute atomic E-state index is 0.0580. The van der Waals surface area contributed by atoms with Gasteiger partial charge in [0.15, 0.2) is 0 Å². The summed E-state index contributed by atoms with van der Waals surface area (Å²) < 4.78 is 40.1. The molecule has 6 heteroatoms. The van der Waals surface area contributed by atoms with Crippen molar-refractivity contribution in [2.24, 2.45) is 11.8 Å². The zero-order chi connectivity index (χ0) is 15.1. The van der Waals surface area contributed by atoms with Crippen molar-refractivity contribution in [1.29, 1.82) is 0 Å². The monoisotopic (exact) mass is 301 g/mol. The highest BCUT2D eigenvalue weighted by molar-refractivity contribution is 7.89. The van der Waals surface area contributed by atoms with E-state index in [1.165, 1.54) is 24.3 Å². The van der Waals surface area contributed by atoms with Crippen LogP contribution in [0.5, 0.6) is 0 Å². The molecule has 1 aliphatic carbocycles. The molecule has 0 spiro atoms. The van der Waals surface area contributed by atoms with Crippen molar-refractivity contribution >= 4 is 10.0 Å². The molecule has 0 heterocycles. The fourth-order valence-electron chi connectivity index (χ4n) is 2.32. The normalized spacial score (nSPS) is 22.3. The molecule has 1 aromatic rings. The van der Waals surface area contributed by atoms with E-state index in [9.17, 15) is 12.8 Å². The zero-order valence-corrected chi connectivity index (χ0v) is 12.7. The lowest BCUT2D eigenvalue weighted by atomic mass is 10.1. The van der Waals surface area contributed by atoms with Crippen LogP contribution in [0.25, 0.3) is 0 Å². The molecule has 0 aliphatic heterocycles. The van der Waals surface area contributed by atoms with Crippen LogP contribution in [-0.4, -0.2) is 31.4 Å². The molecular formula is C14H20FNO3S. The Labute approximate surface area is 119 Å². The fraction of sp³-hybridized carbons (Fsp3) is 0.571. The molecule has 112 valence electrons. The number of hydrogen-bond acceptors (Lipinski definition) is 3. The minimum Gasteiger partial charge on any atom is -0.392 e. The van der Waals surface area contributed by atoms with Crippen LogP contribution in [0.1, 0.15) is 24.5 Å². The van der Waals surface area contributed by atoms with E-state index in [1.54, 1.807) is 0 Å². The summed E-state index contributed by atoms with van der Waals surface area (Å²) in [6.45, 7) is 3.59. The number of sulfonamides is 1. The molecular weight excluding hydrogens is 281 g/mol. The topological polar surface area (TPSA) is 57.6 Å². The van der Waals surface area contributed by atoms with Gasteiger partial charge in [-0.05, 0) is 42.9 Å². The third kappa shape index (κ3) is 2.87. The van der Waals surface area contributed by atoms with Crippen molar-refractivity contribution in [1.82, 2.24) is 4.31 Å². The van der Waals surface area contributed by atoms with Crippen LogP contribution in [0.2, 0.25) is 0 Å². The van der Waals surface area contributed by atoms with Crippen molar-refractivity contribution in [3.63, 3.8) is 0 Å². The molecule has 0 aromatic heterocycles. The van der Waals surface area contributed by atoms with E-state index in [0.29, 0.717) is 18.4 Å².